The topological polar surface area (TPSA) is 71.1 Å². The van der Waals surface area contributed by atoms with Gasteiger partial charge >= 0.3 is 5.97 Å². The summed E-state index contributed by atoms with van der Waals surface area (Å²) >= 11 is 0. The first-order chi connectivity index (χ1) is 15.6. The molecule has 0 bridgehead atoms. The van der Waals surface area contributed by atoms with Crippen molar-refractivity contribution in [2.45, 2.75) is 6.61 Å². The fourth-order valence-corrected chi connectivity index (χ4v) is 3.42. The van der Waals surface area contributed by atoms with Crippen LogP contribution in [0.1, 0.15) is 31.8 Å². The van der Waals surface area contributed by atoms with Gasteiger partial charge in [0.1, 0.15) is 30.5 Å². The Morgan fingerprint density at radius 3 is 2.59 bits per heavy atom. The summed E-state index contributed by atoms with van der Waals surface area (Å²) in [7, 11) is 2.84. The lowest BCUT2D eigenvalue weighted by Crippen LogP contribution is -2.19. The molecule has 4 rings (SSSR count). The maximum atomic E-state index is 13.2. The molecule has 0 spiro atoms. The quantitative estimate of drug-likeness (QED) is 0.416. The molecule has 0 atom stereocenters. The summed E-state index contributed by atoms with van der Waals surface area (Å²) in [6.07, 6.45) is 1.67. The molecule has 3 aromatic rings. The molecule has 3 aromatic carbocycles. The zero-order valence-electron chi connectivity index (χ0n) is 17.8. The van der Waals surface area contributed by atoms with E-state index >= 15 is 0 Å². The highest BCUT2D eigenvalue weighted by Gasteiger charge is 2.24. The number of esters is 1. The number of methoxy groups -OCH3 is 2. The number of carbonyl (C=O) groups excluding carboxylic acids is 2. The van der Waals surface area contributed by atoms with Gasteiger partial charge in [-0.1, -0.05) is 30.3 Å². The van der Waals surface area contributed by atoms with E-state index in [-0.39, 0.29) is 12.4 Å². The lowest BCUT2D eigenvalue weighted by molar-refractivity contribution is 0.0600. The summed E-state index contributed by atoms with van der Waals surface area (Å²) in [4.78, 5) is 25.1. The normalized spacial score (nSPS) is 13.8. The third-order valence-electron chi connectivity index (χ3n) is 5.10. The van der Waals surface area contributed by atoms with Crippen LogP contribution in [0.5, 0.6) is 17.2 Å². The predicted molar refractivity (Wildman–Crippen MR) is 119 cm³/mol. The van der Waals surface area contributed by atoms with Crippen molar-refractivity contribution in [3.05, 3.63) is 94.6 Å². The van der Waals surface area contributed by atoms with Crippen LogP contribution in [0.15, 0.2) is 72.3 Å². The molecule has 0 unspecified atom stereocenters. The summed E-state index contributed by atoms with van der Waals surface area (Å²) in [5.74, 6) is 0.986. The van der Waals surface area contributed by atoms with Crippen LogP contribution in [0, 0.1) is 0 Å². The Morgan fingerprint density at radius 1 is 1.03 bits per heavy atom. The number of fused-ring (bicyclic) bond motifs is 1. The molecule has 0 saturated carbocycles. The molecular formula is C26H22O6. The summed E-state index contributed by atoms with van der Waals surface area (Å²) in [5.41, 5.74) is 2.85. The Hall–Kier alpha value is -4.06. The first-order valence-electron chi connectivity index (χ1n) is 10.0. The van der Waals surface area contributed by atoms with Crippen LogP contribution in [0.25, 0.3) is 6.08 Å². The van der Waals surface area contributed by atoms with E-state index in [0.717, 1.165) is 5.56 Å². The van der Waals surface area contributed by atoms with E-state index in [0.29, 0.717) is 46.1 Å². The Labute approximate surface area is 186 Å². The van der Waals surface area contributed by atoms with Gasteiger partial charge in [-0.25, -0.2) is 4.79 Å². The second-order valence-electron chi connectivity index (χ2n) is 7.17. The number of rotatable bonds is 6. The van der Waals surface area contributed by atoms with E-state index in [1.54, 1.807) is 42.5 Å². The zero-order valence-corrected chi connectivity index (χ0v) is 17.8. The minimum absolute atomic E-state index is 0.113. The largest absolute Gasteiger partial charge is 0.496 e. The number of benzene rings is 3. The molecular weight excluding hydrogens is 408 g/mol. The Bertz CT molecular complexity index is 1180. The lowest BCUT2D eigenvalue weighted by atomic mass is 9.97. The van der Waals surface area contributed by atoms with Gasteiger partial charge in [-0.3, -0.25) is 4.79 Å². The zero-order chi connectivity index (χ0) is 22.5. The second-order valence-corrected chi connectivity index (χ2v) is 7.17. The minimum Gasteiger partial charge on any atom is -0.496 e. The highest BCUT2D eigenvalue weighted by atomic mass is 16.5. The molecule has 0 aromatic heterocycles. The molecule has 6 heteroatoms. The average Bonchev–Trinajstić information content (AvgIpc) is 2.84. The number of hydrogen-bond acceptors (Lipinski definition) is 6. The minimum atomic E-state index is -0.468. The van der Waals surface area contributed by atoms with E-state index in [1.165, 1.54) is 14.2 Å². The number of hydrogen-bond donors (Lipinski definition) is 0. The van der Waals surface area contributed by atoms with Crippen LogP contribution < -0.4 is 14.2 Å². The fourth-order valence-electron chi connectivity index (χ4n) is 3.42. The van der Waals surface area contributed by atoms with Crippen molar-refractivity contribution < 1.29 is 28.5 Å². The maximum absolute atomic E-state index is 13.2. The van der Waals surface area contributed by atoms with Crippen molar-refractivity contribution >= 4 is 17.8 Å². The number of ketones is 1. The number of carbonyl (C=O) groups is 2. The standard InChI is InChI=1S/C26H22O6/c1-29-23-10-8-18(26(28)30-2)12-19(23)13-20-16-32-24-11-9-21(14-22(24)25(20)27)31-15-17-6-4-3-5-7-17/h3-14H,15-16H2,1-2H3/b20-13+. The van der Waals surface area contributed by atoms with Crippen LogP contribution in [-0.4, -0.2) is 32.6 Å². The molecule has 32 heavy (non-hydrogen) atoms. The Morgan fingerprint density at radius 2 is 1.84 bits per heavy atom. The molecule has 0 fully saturated rings. The van der Waals surface area contributed by atoms with Gasteiger partial charge in [0.15, 0.2) is 5.78 Å². The molecule has 0 N–H and O–H groups in total. The third-order valence-corrected chi connectivity index (χ3v) is 5.10. The van der Waals surface area contributed by atoms with Crippen molar-refractivity contribution in [3.63, 3.8) is 0 Å². The lowest BCUT2D eigenvalue weighted by Gasteiger charge is -2.20. The fraction of sp³-hybridized carbons (Fsp3) is 0.154. The molecule has 162 valence electrons. The van der Waals surface area contributed by atoms with Crippen molar-refractivity contribution in [1.82, 2.24) is 0 Å². The predicted octanol–water partition coefficient (Wildman–Crippen LogP) is 4.72. The molecule has 1 heterocycles. The maximum Gasteiger partial charge on any atom is 0.337 e. The first-order valence-corrected chi connectivity index (χ1v) is 10.0. The molecule has 0 aliphatic carbocycles. The monoisotopic (exact) mass is 430 g/mol. The van der Waals surface area contributed by atoms with Crippen molar-refractivity contribution in [2.75, 3.05) is 20.8 Å². The summed E-state index contributed by atoms with van der Waals surface area (Å²) in [6, 6.07) is 19.9. The van der Waals surface area contributed by atoms with Gasteiger partial charge < -0.3 is 18.9 Å². The van der Waals surface area contributed by atoms with E-state index in [9.17, 15) is 9.59 Å². The number of Topliss-reactive ketones (excluding diaryl/α,β-unsaturated/α-hetero) is 1. The number of ether oxygens (including phenoxy) is 4. The van der Waals surface area contributed by atoms with Crippen LogP contribution >= 0.6 is 0 Å². The molecule has 0 radical (unpaired) electrons. The van der Waals surface area contributed by atoms with E-state index in [4.69, 9.17) is 18.9 Å². The molecule has 6 nitrogen and oxygen atoms in total. The van der Waals surface area contributed by atoms with Gasteiger partial charge in [0, 0.05) is 11.1 Å². The van der Waals surface area contributed by atoms with E-state index in [2.05, 4.69) is 0 Å². The molecule has 0 saturated heterocycles. The van der Waals surface area contributed by atoms with Crippen molar-refractivity contribution in [3.8, 4) is 17.2 Å². The van der Waals surface area contributed by atoms with Crippen molar-refractivity contribution in [2.24, 2.45) is 0 Å². The van der Waals surface area contributed by atoms with Crippen LogP contribution in [0.2, 0.25) is 0 Å². The highest BCUT2D eigenvalue weighted by molar-refractivity contribution is 6.14. The Balaban J connectivity index is 1.60. The van der Waals surface area contributed by atoms with Gasteiger partial charge in [0.2, 0.25) is 0 Å². The SMILES string of the molecule is COC(=O)c1ccc(OC)c(/C=C2\COc3ccc(OCc4ccccc4)cc3C2=O)c1. The van der Waals surface area contributed by atoms with Crippen LogP contribution in [0.3, 0.4) is 0 Å². The Kier molecular flexibility index (Phi) is 6.22. The van der Waals surface area contributed by atoms with Crippen LogP contribution in [0.4, 0.5) is 0 Å². The average molecular weight is 430 g/mol. The highest BCUT2D eigenvalue weighted by Crippen LogP contribution is 2.33. The van der Waals surface area contributed by atoms with Gasteiger partial charge in [0.25, 0.3) is 0 Å². The molecule has 0 amide bonds. The van der Waals surface area contributed by atoms with Gasteiger partial charge in [-0.05, 0) is 48.0 Å². The van der Waals surface area contributed by atoms with Crippen molar-refractivity contribution in [1.29, 1.82) is 0 Å². The first kappa shape index (κ1) is 21.2. The smallest absolute Gasteiger partial charge is 0.337 e. The third kappa shape index (κ3) is 4.49. The summed E-state index contributed by atoms with van der Waals surface area (Å²) < 4.78 is 21.8. The van der Waals surface area contributed by atoms with E-state index in [1.807, 2.05) is 30.3 Å². The van der Waals surface area contributed by atoms with Gasteiger partial charge in [-0.2, -0.15) is 0 Å². The summed E-state index contributed by atoms with van der Waals surface area (Å²) in [6.45, 7) is 0.510. The molecule has 1 aliphatic rings. The van der Waals surface area contributed by atoms with Gasteiger partial charge in [-0.15, -0.1) is 0 Å². The van der Waals surface area contributed by atoms with Gasteiger partial charge in [0.05, 0.1) is 25.3 Å². The second kappa shape index (κ2) is 9.39. The molecule has 1 aliphatic heterocycles. The van der Waals surface area contributed by atoms with E-state index < -0.39 is 5.97 Å². The van der Waals surface area contributed by atoms with Crippen LogP contribution in [-0.2, 0) is 11.3 Å². The summed E-state index contributed by atoms with van der Waals surface area (Å²) in [5, 5.41) is 0.